The molecule has 0 radical (unpaired) electrons. The fourth-order valence-corrected chi connectivity index (χ4v) is 1.60. The van der Waals surface area contributed by atoms with Crippen LogP contribution in [0.15, 0.2) is 53.9 Å². The highest BCUT2D eigenvalue weighted by Gasteiger charge is 2.07. The van der Waals surface area contributed by atoms with Gasteiger partial charge < -0.3 is 4.74 Å². The third-order valence-corrected chi connectivity index (χ3v) is 2.53. The van der Waals surface area contributed by atoms with Crippen molar-refractivity contribution in [2.24, 2.45) is 4.99 Å². The van der Waals surface area contributed by atoms with Gasteiger partial charge in [0.05, 0.1) is 18.4 Å². The maximum absolute atomic E-state index is 5.42. The van der Waals surface area contributed by atoms with E-state index in [0.29, 0.717) is 6.54 Å². The Morgan fingerprint density at radius 3 is 2.78 bits per heavy atom. The van der Waals surface area contributed by atoms with E-state index in [4.69, 9.17) is 4.74 Å². The van der Waals surface area contributed by atoms with Crippen LogP contribution in [0.4, 0.5) is 0 Å². The largest absolute Gasteiger partial charge is 0.375 e. The zero-order chi connectivity index (χ0) is 12.6. The standard InChI is InChI=1S/C14H15N3O/c1-18-14(12-5-3-2-4-6-12)11-16-10-13-9-15-7-8-17-13/h2-10,14H,11H2,1H3. The molecule has 0 amide bonds. The second-order valence-electron chi connectivity index (χ2n) is 3.76. The summed E-state index contributed by atoms with van der Waals surface area (Å²) in [5.41, 5.74) is 1.87. The minimum atomic E-state index is -0.0286. The number of ether oxygens (including phenoxy) is 1. The molecule has 0 fully saturated rings. The smallest absolute Gasteiger partial charge is 0.102 e. The number of hydrogen-bond acceptors (Lipinski definition) is 4. The van der Waals surface area contributed by atoms with Crippen molar-refractivity contribution in [2.45, 2.75) is 6.10 Å². The van der Waals surface area contributed by atoms with Gasteiger partial charge in [-0.15, -0.1) is 0 Å². The van der Waals surface area contributed by atoms with Crippen LogP contribution in [0.3, 0.4) is 0 Å². The van der Waals surface area contributed by atoms with Gasteiger partial charge in [-0.05, 0) is 5.56 Å². The average molecular weight is 241 g/mol. The van der Waals surface area contributed by atoms with Gasteiger partial charge in [-0.3, -0.25) is 15.0 Å². The highest BCUT2D eigenvalue weighted by molar-refractivity contribution is 5.76. The normalized spacial score (nSPS) is 12.7. The van der Waals surface area contributed by atoms with Crippen molar-refractivity contribution in [2.75, 3.05) is 13.7 Å². The van der Waals surface area contributed by atoms with Gasteiger partial charge in [0.15, 0.2) is 0 Å². The van der Waals surface area contributed by atoms with E-state index in [0.717, 1.165) is 11.3 Å². The third kappa shape index (κ3) is 3.46. The summed E-state index contributed by atoms with van der Waals surface area (Å²) in [5.74, 6) is 0. The average Bonchev–Trinajstić information content (AvgIpc) is 2.46. The number of aliphatic imine (C=N–C) groups is 1. The molecule has 0 bridgehead atoms. The van der Waals surface area contributed by atoms with E-state index in [-0.39, 0.29) is 6.10 Å². The Bertz CT molecular complexity index is 485. The van der Waals surface area contributed by atoms with Crippen LogP contribution in [0.25, 0.3) is 0 Å². The van der Waals surface area contributed by atoms with E-state index in [2.05, 4.69) is 15.0 Å². The molecule has 18 heavy (non-hydrogen) atoms. The summed E-state index contributed by atoms with van der Waals surface area (Å²) < 4.78 is 5.42. The maximum atomic E-state index is 5.42. The van der Waals surface area contributed by atoms with Crippen LogP contribution in [0.5, 0.6) is 0 Å². The molecule has 1 aromatic carbocycles. The van der Waals surface area contributed by atoms with Gasteiger partial charge in [-0.2, -0.15) is 0 Å². The van der Waals surface area contributed by atoms with E-state index >= 15 is 0 Å². The first-order valence-corrected chi connectivity index (χ1v) is 5.73. The summed E-state index contributed by atoms with van der Waals surface area (Å²) in [6.07, 6.45) is 6.64. The Kier molecular flexibility index (Phi) is 4.55. The topological polar surface area (TPSA) is 47.4 Å². The Morgan fingerprint density at radius 2 is 2.11 bits per heavy atom. The lowest BCUT2D eigenvalue weighted by Crippen LogP contribution is -2.05. The zero-order valence-electron chi connectivity index (χ0n) is 10.2. The summed E-state index contributed by atoms with van der Waals surface area (Å²) in [4.78, 5) is 12.4. The molecule has 1 unspecified atom stereocenters. The Labute approximate surface area is 106 Å². The van der Waals surface area contributed by atoms with Crippen LogP contribution >= 0.6 is 0 Å². The molecule has 0 aliphatic carbocycles. The molecular weight excluding hydrogens is 226 g/mol. The van der Waals surface area contributed by atoms with Crippen molar-refractivity contribution in [1.29, 1.82) is 0 Å². The van der Waals surface area contributed by atoms with Crippen LogP contribution in [0, 0.1) is 0 Å². The minimum absolute atomic E-state index is 0.0286. The monoisotopic (exact) mass is 241 g/mol. The SMILES string of the molecule is COC(CN=Cc1cnccn1)c1ccccc1. The first-order chi connectivity index (χ1) is 8.90. The van der Waals surface area contributed by atoms with E-state index in [1.165, 1.54) is 0 Å². The Hall–Kier alpha value is -2.07. The van der Waals surface area contributed by atoms with Crippen molar-refractivity contribution in [3.05, 3.63) is 60.2 Å². The zero-order valence-corrected chi connectivity index (χ0v) is 10.2. The van der Waals surface area contributed by atoms with Crippen LogP contribution in [0.1, 0.15) is 17.4 Å². The highest BCUT2D eigenvalue weighted by Crippen LogP contribution is 2.16. The van der Waals surface area contributed by atoms with Gasteiger partial charge in [0, 0.05) is 25.7 Å². The third-order valence-electron chi connectivity index (χ3n) is 2.53. The molecule has 4 nitrogen and oxygen atoms in total. The van der Waals surface area contributed by atoms with E-state index in [1.807, 2.05) is 30.3 Å². The lowest BCUT2D eigenvalue weighted by Gasteiger charge is -2.12. The number of benzene rings is 1. The Balaban J connectivity index is 1.98. The van der Waals surface area contributed by atoms with Gasteiger partial charge >= 0.3 is 0 Å². The van der Waals surface area contributed by atoms with E-state index in [1.54, 1.807) is 31.9 Å². The van der Waals surface area contributed by atoms with Crippen molar-refractivity contribution >= 4 is 6.21 Å². The number of hydrogen-bond donors (Lipinski definition) is 0. The molecule has 1 heterocycles. The molecule has 2 aromatic rings. The molecule has 1 aromatic heterocycles. The van der Waals surface area contributed by atoms with Crippen LogP contribution in [-0.2, 0) is 4.74 Å². The lowest BCUT2D eigenvalue weighted by atomic mass is 10.1. The van der Waals surface area contributed by atoms with E-state index < -0.39 is 0 Å². The quantitative estimate of drug-likeness (QED) is 0.754. The van der Waals surface area contributed by atoms with Gasteiger partial charge in [-0.1, -0.05) is 30.3 Å². The van der Waals surface area contributed by atoms with E-state index in [9.17, 15) is 0 Å². The fraction of sp³-hybridized carbons (Fsp3) is 0.214. The molecule has 0 saturated heterocycles. The molecule has 0 aliphatic rings. The van der Waals surface area contributed by atoms with Crippen LogP contribution in [0.2, 0.25) is 0 Å². The van der Waals surface area contributed by atoms with Crippen molar-refractivity contribution in [3.8, 4) is 0 Å². The van der Waals surface area contributed by atoms with Gasteiger partial charge in [0.2, 0.25) is 0 Å². The molecule has 0 spiro atoms. The number of methoxy groups -OCH3 is 1. The molecule has 92 valence electrons. The predicted octanol–water partition coefficient (Wildman–Crippen LogP) is 2.28. The summed E-state index contributed by atoms with van der Waals surface area (Å²) in [6, 6.07) is 10.0. The fourth-order valence-electron chi connectivity index (χ4n) is 1.60. The first-order valence-electron chi connectivity index (χ1n) is 5.73. The van der Waals surface area contributed by atoms with Gasteiger partial charge in [0.1, 0.15) is 6.10 Å². The molecule has 0 saturated carbocycles. The van der Waals surface area contributed by atoms with Crippen LogP contribution in [-0.4, -0.2) is 29.8 Å². The van der Waals surface area contributed by atoms with Crippen molar-refractivity contribution in [1.82, 2.24) is 9.97 Å². The van der Waals surface area contributed by atoms with Gasteiger partial charge in [0.25, 0.3) is 0 Å². The van der Waals surface area contributed by atoms with Crippen LogP contribution < -0.4 is 0 Å². The molecule has 0 N–H and O–H groups in total. The predicted molar refractivity (Wildman–Crippen MR) is 70.7 cm³/mol. The number of nitrogens with zero attached hydrogens (tertiary/aromatic N) is 3. The second-order valence-corrected chi connectivity index (χ2v) is 3.76. The summed E-state index contributed by atoms with van der Waals surface area (Å²) in [6.45, 7) is 0.567. The summed E-state index contributed by atoms with van der Waals surface area (Å²) in [5, 5.41) is 0. The summed E-state index contributed by atoms with van der Waals surface area (Å²) >= 11 is 0. The molecular formula is C14H15N3O. The number of aromatic nitrogens is 2. The highest BCUT2D eigenvalue weighted by atomic mass is 16.5. The van der Waals surface area contributed by atoms with Crippen molar-refractivity contribution in [3.63, 3.8) is 0 Å². The summed E-state index contributed by atoms with van der Waals surface area (Å²) in [7, 11) is 1.69. The second kappa shape index (κ2) is 6.61. The number of rotatable bonds is 5. The van der Waals surface area contributed by atoms with Gasteiger partial charge in [-0.25, -0.2) is 0 Å². The minimum Gasteiger partial charge on any atom is -0.375 e. The molecule has 4 heteroatoms. The molecule has 1 atom stereocenters. The lowest BCUT2D eigenvalue weighted by molar-refractivity contribution is 0.111. The Morgan fingerprint density at radius 1 is 1.28 bits per heavy atom. The first kappa shape index (κ1) is 12.4. The molecule has 2 rings (SSSR count). The van der Waals surface area contributed by atoms with Crippen molar-refractivity contribution < 1.29 is 4.74 Å². The maximum Gasteiger partial charge on any atom is 0.102 e. The molecule has 0 aliphatic heterocycles.